The van der Waals surface area contributed by atoms with Gasteiger partial charge in [0, 0.05) is 6.08 Å². The number of rotatable bonds is 4. The topological polar surface area (TPSA) is 43.4 Å². The Kier molecular flexibility index (Phi) is 4.02. The Bertz CT molecular complexity index is 231. The van der Waals surface area contributed by atoms with Crippen LogP contribution in [-0.2, 0) is 14.3 Å². The largest absolute Gasteiger partial charge is 0.434 e. The number of esters is 1. The summed E-state index contributed by atoms with van der Waals surface area (Å²) in [6.07, 6.45) is 4.31. The summed E-state index contributed by atoms with van der Waals surface area (Å²) in [6, 6.07) is 0. The molecule has 0 aromatic carbocycles. The summed E-state index contributed by atoms with van der Waals surface area (Å²) in [4.78, 5) is 21.8. The zero-order chi connectivity index (χ0) is 9.68. The van der Waals surface area contributed by atoms with Crippen LogP contribution in [0.2, 0.25) is 0 Å². The third kappa shape index (κ3) is 4.12. The molecule has 0 saturated heterocycles. The Morgan fingerprint density at radius 1 is 1.54 bits per heavy atom. The molecule has 0 radical (unpaired) electrons. The van der Waals surface area contributed by atoms with Crippen molar-refractivity contribution in [3.05, 3.63) is 12.3 Å². The van der Waals surface area contributed by atoms with Crippen LogP contribution in [-0.4, -0.2) is 16.8 Å². The average Bonchev–Trinajstić information content (AvgIpc) is 2.86. The molecular weight excluding hydrogens is 188 g/mol. The van der Waals surface area contributed by atoms with Crippen molar-refractivity contribution < 1.29 is 14.3 Å². The minimum atomic E-state index is -0.217. The van der Waals surface area contributed by atoms with Crippen LogP contribution in [0.1, 0.15) is 19.8 Å². The second kappa shape index (κ2) is 5.07. The number of carbonyl (C=O) groups is 2. The van der Waals surface area contributed by atoms with Gasteiger partial charge in [-0.25, -0.2) is 0 Å². The zero-order valence-electron chi connectivity index (χ0n) is 7.49. The Balaban J connectivity index is 2.16. The summed E-state index contributed by atoms with van der Waals surface area (Å²) in [6.45, 7) is 1.90. The van der Waals surface area contributed by atoms with Gasteiger partial charge in [-0.2, -0.15) is 0 Å². The molecule has 72 valence electrons. The van der Waals surface area contributed by atoms with Crippen LogP contribution in [0.25, 0.3) is 0 Å². The van der Waals surface area contributed by atoms with E-state index in [2.05, 4.69) is 0 Å². The molecule has 0 unspecified atom stereocenters. The van der Waals surface area contributed by atoms with Crippen LogP contribution < -0.4 is 0 Å². The third-order valence-corrected chi connectivity index (χ3v) is 2.29. The highest BCUT2D eigenvalue weighted by molar-refractivity contribution is 8.14. The summed E-state index contributed by atoms with van der Waals surface area (Å²) in [5.41, 5.74) is 0. The average molecular weight is 200 g/mol. The standard InChI is InChI=1S/C9H12O3S/c1-2-13-8(10)5-6-12-9(11)7-3-4-7/h5-7H,2-4H2,1H3/b6-5+. The molecule has 0 spiro atoms. The highest BCUT2D eigenvalue weighted by atomic mass is 32.2. The van der Waals surface area contributed by atoms with Gasteiger partial charge in [0.2, 0.25) is 5.12 Å². The maximum atomic E-state index is 11.0. The fourth-order valence-corrected chi connectivity index (χ4v) is 1.20. The van der Waals surface area contributed by atoms with E-state index in [1.54, 1.807) is 0 Å². The van der Waals surface area contributed by atoms with Gasteiger partial charge in [-0.1, -0.05) is 18.7 Å². The maximum absolute atomic E-state index is 11.0. The summed E-state index contributed by atoms with van der Waals surface area (Å²) >= 11 is 1.19. The minimum Gasteiger partial charge on any atom is -0.434 e. The SMILES string of the molecule is CCSC(=O)/C=C/OC(=O)C1CC1. The zero-order valence-corrected chi connectivity index (χ0v) is 8.30. The molecule has 0 heterocycles. The summed E-state index contributed by atoms with van der Waals surface area (Å²) in [7, 11) is 0. The first-order chi connectivity index (χ1) is 6.24. The Morgan fingerprint density at radius 2 is 2.23 bits per heavy atom. The highest BCUT2D eigenvalue weighted by Gasteiger charge is 2.30. The van der Waals surface area contributed by atoms with Crippen molar-refractivity contribution in [3.63, 3.8) is 0 Å². The summed E-state index contributed by atoms with van der Waals surface area (Å²) in [5, 5.41) is -0.0777. The summed E-state index contributed by atoms with van der Waals surface area (Å²) in [5.74, 6) is 0.601. The molecule has 0 atom stereocenters. The smallest absolute Gasteiger partial charge is 0.313 e. The molecule has 3 nitrogen and oxygen atoms in total. The highest BCUT2D eigenvalue weighted by Crippen LogP contribution is 2.30. The van der Waals surface area contributed by atoms with Gasteiger partial charge in [-0.05, 0) is 18.6 Å². The van der Waals surface area contributed by atoms with Crippen LogP contribution in [0.15, 0.2) is 12.3 Å². The van der Waals surface area contributed by atoms with Crippen molar-refractivity contribution in [1.82, 2.24) is 0 Å². The van der Waals surface area contributed by atoms with Crippen LogP contribution in [0.5, 0.6) is 0 Å². The lowest BCUT2D eigenvalue weighted by Crippen LogP contribution is -2.01. The van der Waals surface area contributed by atoms with Gasteiger partial charge in [-0.15, -0.1) is 0 Å². The molecule has 0 amide bonds. The van der Waals surface area contributed by atoms with Gasteiger partial charge in [0.05, 0.1) is 12.2 Å². The second-order valence-electron chi connectivity index (χ2n) is 2.77. The number of carbonyl (C=O) groups excluding carboxylic acids is 2. The maximum Gasteiger partial charge on any atom is 0.313 e. The van der Waals surface area contributed by atoms with E-state index in [4.69, 9.17) is 4.74 Å². The van der Waals surface area contributed by atoms with Crippen LogP contribution in [0, 0.1) is 5.92 Å². The Morgan fingerprint density at radius 3 is 2.77 bits per heavy atom. The molecule has 0 bridgehead atoms. The van der Waals surface area contributed by atoms with Crippen LogP contribution in [0.3, 0.4) is 0 Å². The molecule has 1 aliphatic carbocycles. The van der Waals surface area contributed by atoms with E-state index < -0.39 is 0 Å². The quantitative estimate of drug-likeness (QED) is 0.394. The van der Waals surface area contributed by atoms with Crippen molar-refractivity contribution in [3.8, 4) is 0 Å². The number of hydrogen-bond donors (Lipinski definition) is 0. The second-order valence-corrected chi connectivity index (χ2v) is 4.03. The first-order valence-corrected chi connectivity index (χ1v) is 5.26. The van der Waals surface area contributed by atoms with Crippen molar-refractivity contribution in [2.24, 2.45) is 5.92 Å². The fourth-order valence-electron chi connectivity index (χ4n) is 0.762. The van der Waals surface area contributed by atoms with E-state index in [0.717, 1.165) is 18.6 Å². The van der Waals surface area contributed by atoms with Gasteiger partial charge in [0.1, 0.15) is 0 Å². The fraction of sp³-hybridized carbons (Fsp3) is 0.556. The van der Waals surface area contributed by atoms with Crippen molar-refractivity contribution >= 4 is 22.8 Å². The molecule has 1 fully saturated rings. The van der Waals surface area contributed by atoms with Gasteiger partial charge in [0.25, 0.3) is 0 Å². The number of hydrogen-bond acceptors (Lipinski definition) is 4. The van der Waals surface area contributed by atoms with Crippen LogP contribution >= 0.6 is 11.8 Å². The molecule has 4 heteroatoms. The Labute approximate surface area is 81.5 Å². The van der Waals surface area contributed by atoms with Crippen LogP contribution in [0.4, 0.5) is 0 Å². The van der Waals surface area contributed by atoms with Crippen molar-refractivity contribution in [2.75, 3.05) is 5.75 Å². The molecule has 13 heavy (non-hydrogen) atoms. The third-order valence-electron chi connectivity index (χ3n) is 1.59. The lowest BCUT2D eigenvalue weighted by Gasteiger charge is -1.94. The molecule has 0 aromatic heterocycles. The molecule has 1 saturated carbocycles. The molecule has 1 rings (SSSR count). The Hall–Kier alpha value is -0.770. The number of ether oxygens (including phenoxy) is 1. The minimum absolute atomic E-state index is 0.0777. The van der Waals surface area contributed by atoms with E-state index in [1.165, 1.54) is 24.1 Å². The molecule has 1 aliphatic rings. The van der Waals surface area contributed by atoms with Gasteiger partial charge in [0.15, 0.2) is 0 Å². The first-order valence-electron chi connectivity index (χ1n) is 4.28. The van der Waals surface area contributed by atoms with E-state index in [0.29, 0.717) is 0 Å². The molecule has 0 aromatic rings. The van der Waals surface area contributed by atoms with E-state index in [1.807, 2.05) is 6.92 Å². The molecule has 0 N–H and O–H groups in total. The predicted octanol–water partition coefficient (Wildman–Crippen LogP) is 1.73. The monoisotopic (exact) mass is 200 g/mol. The van der Waals surface area contributed by atoms with E-state index >= 15 is 0 Å². The van der Waals surface area contributed by atoms with E-state index in [-0.39, 0.29) is 17.0 Å². The first kappa shape index (κ1) is 10.3. The molecular formula is C9H12O3S. The van der Waals surface area contributed by atoms with Crippen molar-refractivity contribution in [1.29, 1.82) is 0 Å². The lowest BCUT2D eigenvalue weighted by atomic mass is 10.4. The predicted molar refractivity (Wildman–Crippen MR) is 51.1 cm³/mol. The number of thioether (sulfide) groups is 1. The van der Waals surface area contributed by atoms with Gasteiger partial charge < -0.3 is 4.74 Å². The normalized spacial score (nSPS) is 16.1. The van der Waals surface area contributed by atoms with E-state index in [9.17, 15) is 9.59 Å². The lowest BCUT2D eigenvalue weighted by molar-refractivity contribution is -0.139. The van der Waals surface area contributed by atoms with Gasteiger partial charge in [-0.3, -0.25) is 9.59 Å². The molecule has 0 aliphatic heterocycles. The van der Waals surface area contributed by atoms with Gasteiger partial charge >= 0.3 is 5.97 Å². The summed E-state index contributed by atoms with van der Waals surface area (Å²) < 4.78 is 4.73. The van der Waals surface area contributed by atoms with Crippen molar-refractivity contribution in [2.45, 2.75) is 19.8 Å².